The number of pyridine rings is 1. The zero-order valence-corrected chi connectivity index (χ0v) is 17.5. The summed E-state index contributed by atoms with van der Waals surface area (Å²) in [6.45, 7) is 0. The summed E-state index contributed by atoms with van der Waals surface area (Å²) in [7, 11) is 0. The van der Waals surface area contributed by atoms with Crippen LogP contribution in [-0.4, -0.2) is 27.6 Å². The number of oxazole rings is 1. The number of anilines is 1. The first-order valence-electron chi connectivity index (χ1n) is 10.2. The third kappa shape index (κ3) is 5.01. The molecule has 4 aromatic rings. The van der Waals surface area contributed by atoms with Crippen LogP contribution in [0, 0.1) is 0 Å². The number of nitrogens with two attached hydrogens (primary N) is 1. The number of nitrogens with zero attached hydrogens (tertiary/aromatic N) is 2. The molecular weight excluding hydrogens is 420 g/mol. The van der Waals surface area contributed by atoms with E-state index in [1.54, 1.807) is 30.5 Å². The highest BCUT2D eigenvalue weighted by molar-refractivity contribution is 6.37. The van der Waals surface area contributed by atoms with Gasteiger partial charge in [0.05, 0.1) is 11.5 Å². The maximum Gasteiger partial charge on any atom is 0.285 e. The number of ketones is 1. The molecule has 2 aromatic carbocycles. The SMILES string of the molecule is NC(=O)C(=O)C(Cc1ccccc1)c1oc(-c2ccccc2)nc1NC(=O)c1cccnc1. The number of carbonyl (C=O) groups is 3. The first-order valence-corrected chi connectivity index (χ1v) is 10.2. The van der Waals surface area contributed by atoms with E-state index >= 15 is 0 Å². The molecule has 0 spiro atoms. The van der Waals surface area contributed by atoms with Crippen molar-refractivity contribution in [2.45, 2.75) is 12.3 Å². The molecule has 0 aliphatic carbocycles. The molecule has 2 amide bonds. The predicted molar refractivity (Wildman–Crippen MR) is 121 cm³/mol. The molecule has 8 heteroatoms. The van der Waals surface area contributed by atoms with Gasteiger partial charge in [0.1, 0.15) is 0 Å². The number of rotatable bonds is 8. The Hall–Kier alpha value is -4.59. The quantitative estimate of drug-likeness (QED) is 0.404. The fourth-order valence-electron chi connectivity index (χ4n) is 3.36. The van der Waals surface area contributed by atoms with Crippen molar-refractivity contribution in [1.82, 2.24) is 9.97 Å². The summed E-state index contributed by atoms with van der Waals surface area (Å²) in [6, 6.07) is 21.4. The van der Waals surface area contributed by atoms with Gasteiger partial charge >= 0.3 is 0 Å². The molecule has 0 saturated carbocycles. The molecule has 2 heterocycles. The molecule has 0 aliphatic heterocycles. The first kappa shape index (κ1) is 21.6. The highest BCUT2D eigenvalue weighted by Gasteiger charge is 2.33. The molecule has 0 saturated heterocycles. The van der Waals surface area contributed by atoms with E-state index in [-0.39, 0.29) is 23.9 Å². The fourth-order valence-corrected chi connectivity index (χ4v) is 3.36. The molecular formula is C25H20N4O4. The van der Waals surface area contributed by atoms with Crippen molar-refractivity contribution in [2.75, 3.05) is 5.32 Å². The van der Waals surface area contributed by atoms with Crippen LogP contribution in [0.1, 0.15) is 27.6 Å². The first-order chi connectivity index (χ1) is 16.0. The Labute approximate surface area is 189 Å². The Morgan fingerprint density at radius 2 is 1.64 bits per heavy atom. The maximum absolute atomic E-state index is 12.8. The highest BCUT2D eigenvalue weighted by Crippen LogP contribution is 2.33. The van der Waals surface area contributed by atoms with Crippen LogP contribution in [0.15, 0.2) is 89.6 Å². The van der Waals surface area contributed by atoms with Crippen LogP contribution in [0.2, 0.25) is 0 Å². The van der Waals surface area contributed by atoms with Gasteiger partial charge in [-0.05, 0) is 36.2 Å². The van der Waals surface area contributed by atoms with E-state index in [0.29, 0.717) is 11.1 Å². The summed E-state index contributed by atoms with van der Waals surface area (Å²) in [5, 5.41) is 2.69. The normalized spacial score (nSPS) is 11.5. The lowest BCUT2D eigenvalue weighted by Gasteiger charge is -2.13. The summed E-state index contributed by atoms with van der Waals surface area (Å²) in [5.41, 5.74) is 7.08. The molecule has 4 rings (SSSR count). The zero-order chi connectivity index (χ0) is 23.2. The van der Waals surface area contributed by atoms with Gasteiger partial charge in [0.2, 0.25) is 11.7 Å². The van der Waals surface area contributed by atoms with Gasteiger partial charge in [0, 0.05) is 18.0 Å². The minimum atomic E-state index is -1.10. The number of nitrogens with one attached hydrogen (secondary N) is 1. The summed E-state index contributed by atoms with van der Waals surface area (Å²) in [4.78, 5) is 45.8. The van der Waals surface area contributed by atoms with Crippen molar-refractivity contribution in [2.24, 2.45) is 5.73 Å². The smallest absolute Gasteiger partial charge is 0.285 e. The van der Waals surface area contributed by atoms with Crippen molar-refractivity contribution in [3.63, 3.8) is 0 Å². The number of carbonyl (C=O) groups excluding carboxylic acids is 3. The van der Waals surface area contributed by atoms with Crippen LogP contribution in [0.25, 0.3) is 11.5 Å². The number of hydrogen-bond donors (Lipinski definition) is 2. The van der Waals surface area contributed by atoms with Gasteiger partial charge in [0.15, 0.2) is 11.6 Å². The standard InChI is InChI=1S/C25H20N4O4/c26-22(31)20(30)19(14-16-8-3-1-4-9-16)21-23(28-24(32)18-12-7-13-27-15-18)29-25(33-21)17-10-5-2-6-11-17/h1-13,15,19H,14H2,(H2,26,31)(H,28,32). The molecule has 3 N–H and O–H groups in total. The number of amides is 2. The van der Waals surface area contributed by atoms with E-state index in [2.05, 4.69) is 15.3 Å². The molecule has 33 heavy (non-hydrogen) atoms. The second kappa shape index (κ2) is 9.69. The number of hydrogen-bond acceptors (Lipinski definition) is 6. The molecule has 1 atom stereocenters. The predicted octanol–water partition coefficient (Wildman–Crippen LogP) is 3.37. The van der Waals surface area contributed by atoms with Crippen LogP contribution < -0.4 is 11.1 Å². The van der Waals surface area contributed by atoms with E-state index in [0.717, 1.165) is 5.56 Å². The van der Waals surface area contributed by atoms with Gasteiger partial charge in [-0.25, -0.2) is 0 Å². The average Bonchev–Trinajstić information content (AvgIpc) is 3.27. The summed E-state index contributed by atoms with van der Waals surface area (Å²) >= 11 is 0. The third-order valence-electron chi connectivity index (χ3n) is 4.99. The molecule has 0 fully saturated rings. The van der Waals surface area contributed by atoms with Crippen molar-refractivity contribution >= 4 is 23.4 Å². The van der Waals surface area contributed by atoms with Gasteiger partial charge in [-0.3, -0.25) is 19.4 Å². The van der Waals surface area contributed by atoms with Crippen LogP contribution in [0.3, 0.4) is 0 Å². The zero-order valence-electron chi connectivity index (χ0n) is 17.5. The lowest BCUT2D eigenvalue weighted by molar-refractivity contribution is -0.137. The summed E-state index contributed by atoms with van der Waals surface area (Å²) < 4.78 is 5.97. The van der Waals surface area contributed by atoms with Crippen LogP contribution in [0.5, 0.6) is 0 Å². The van der Waals surface area contributed by atoms with Gasteiger partial charge < -0.3 is 15.5 Å². The van der Waals surface area contributed by atoms with Gasteiger partial charge in [-0.15, -0.1) is 0 Å². The average molecular weight is 440 g/mol. The highest BCUT2D eigenvalue weighted by atomic mass is 16.4. The van der Waals surface area contributed by atoms with E-state index in [1.807, 2.05) is 48.5 Å². The monoisotopic (exact) mass is 440 g/mol. The second-order valence-electron chi connectivity index (χ2n) is 7.26. The van der Waals surface area contributed by atoms with Crippen LogP contribution in [-0.2, 0) is 16.0 Å². The second-order valence-corrected chi connectivity index (χ2v) is 7.26. The Bertz CT molecular complexity index is 1270. The third-order valence-corrected chi connectivity index (χ3v) is 4.99. The summed E-state index contributed by atoms with van der Waals surface area (Å²) in [5.74, 6) is -3.20. The largest absolute Gasteiger partial charge is 0.438 e. The molecule has 1 unspecified atom stereocenters. The fraction of sp³-hybridized carbons (Fsp3) is 0.0800. The molecule has 2 aromatic heterocycles. The van der Waals surface area contributed by atoms with Crippen LogP contribution in [0.4, 0.5) is 5.82 Å². The maximum atomic E-state index is 12.8. The Morgan fingerprint density at radius 1 is 0.939 bits per heavy atom. The van der Waals surface area contributed by atoms with Crippen molar-refractivity contribution < 1.29 is 18.8 Å². The minimum Gasteiger partial charge on any atom is -0.438 e. The number of aromatic nitrogens is 2. The lowest BCUT2D eigenvalue weighted by atomic mass is 9.92. The van der Waals surface area contributed by atoms with E-state index in [1.165, 1.54) is 6.20 Å². The van der Waals surface area contributed by atoms with Gasteiger partial charge in [0.25, 0.3) is 11.8 Å². The molecule has 0 aliphatic rings. The number of Topliss-reactive ketones (excluding diaryl/α,β-unsaturated/α-hetero) is 1. The Balaban J connectivity index is 1.78. The molecule has 0 radical (unpaired) electrons. The van der Waals surface area contributed by atoms with E-state index < -0.39 is 23.5 Å². The molecule has 0 bridgehead atoms. The van der Waals surface area contributed by atoms with Crippen LogP contribution >= 0.6 is 0 Å². The lowest BCUT2D eigenvalue weighted by Crippen LogP contribution is -2.30. The topological polar surface area (TPSA) is 128 Å². The van der Waals surface area contributed by atoms with E-state index in [9.17, 15) is 14.4 Å². The number of primary amides is 1. The Morgan fingerprint density at radius 3 is 2.27 bits per heavy atom. The van der Waals surface area contributed by atoms with Gasteiger partial charge in [-0.1, -0.05) is 48.5 Å². The van der Waals surface area contributed by atoms with Crippen molar-refractivity contribution in [3.8, 4) is 11.5 Å². The van der Waals surface area contributed by atoms with Gasteiger partial charge in [-0.2, -0.15) is 4.98 Å². The summed E-state index contributed by atoms with van der Waals surface area (Å²) in [6.07, 6.45) is 3.10. The molecule has 164 valence electrons. The van der Waals surface area contributed by atoms with Crippen molar-refractivity contribution in [3.05, 3.63) is 102 Å². The van der Waals surface area contributed by atoms with Crippen molar-refractivity contribution in [1.29, 1.82) is 0 Å². The molecule has 8 nitrogen and oxygen atoms in total. The number of benzene rings is 2. The minimum absolute atomic E-state index is 0.0400. The Kier molecular flexibility index (Phi) is 6.36. The van der Waals surface area contributed by atoms with E-state index in [4.69, 9.17) is 10.2 Å².